The molecule has 1 saturated heterocycles. The number of rotatable bonds is 4. The van der Waals surface area contributed by atoms with E-state index in [2.05, 4.69) is 10.4 Å². The van der Waals surface area contributed by atoms with Crippen molar-refractivity contribution in [3.05, 3.63) is 48.3 Å². The van der Waals surface area contributed by atoms with Gasteiger partial charge in [-0.05, 0) is 25.5 Å². The second-order valence-electron chi connectivity index (χ2n) is 5.54. The average molecular weight is 305 g/mol. The van der Waals surface area contributed by atoms with Crippen LogP contribution in [0.4, 0.5) is 0 Å². The molecule has 0 bridgehead atoms. The lowest BCUT2D eigenvalue weighted by atomic mass is 10.1. The molecule has 0 aliphatic carbocycles. The van der Waals surface area contributed by atoms with Gasteiger partial charge in [0, 0.05) is 23.8 Å². The summed E-state index contributed by atoms with van der Waals surface area (Å²) in [5, 5.41) is 7.75. The maximum Gasteiger partial charge on any atom is 0.151 e. The van der Waals surface area contributed by atoms with Gasteiger partial charge in [-0.15, -0.1) is 0 Å². The highest BCUT2D eigenvalue weighted by molar-refractivity contribution is 7.91. The Morgan fingerprint density at radius 3 is 2.76 bits per heavy atom. The highest BCUT2D eigenvalue weighted by Gasteiger charge is 2.28. The number of nitrogens with zero attached hydrogens (tertiary/aromatic N) is 2. The van der Waals surface area contributed by atoms with Gasteiger partial charge in [-0.2, -0.15) is 5.10 Å². The summed E-state index contributed by atoms with van der Waals surface area (Å²) >= 11 is 0. The van der Waals surface area contributed by atoms with E-state index >= 15 is 0 Å². The molecule has 1 aromatic carbocycles. The van der Waals surface area contributed by atoms with Crippen molar-refractivity contribution in [3.63, 3.8) is 0 Å². The molecule has 2 aromatic rings. The van der Waals surface area contributed by atoms with Gasteiger partial charge >= 0.3 is 0 Å². The molecule has 1 aromatic heterocycles. The van der Waals surface area contributed by atoms with Gasteiger partial charge in [-0.1, -0.05) is 18.2 Å². The van der Waals surface area contributed by atoms with Crippen LogP contribution in [0.2, 0.25) is 0 Å². The molecule has 112 valence electrons. The summed E-state index contributed by atoms with van der Waals surface area (Å²) in [7, 11) is -2.84. The van der Waals surface area contributed by atoms with E-state index in [-0.39, 0.29) is 17.8 Å². The number of benzene rings is 1. The van der Waals surface area contributed by atoms with Crippen LogP contribution in [0, 0.1) is 0 Å². The van der Waals surface area contributed by atoms with Crippen LogP contribution in [0.15, 0.2) is 42.7 Å². The number of para-hydroxylation sites is 1. The lowest BCUT2D eigenvalue weighted by molar-refractivity contribution is 0.485. The van der Waals surface area contributed by atoms with Crippen LogP contribution in [0.5, 0.6) is 0 Å². The summed E-state index contributed by atoms with van der Waals surface area (Å²) < 4.78 is 24.8. The third kappa shape index (κ3) is 3.33. The largest absolute Gasteiger partial charge is 0.306 e. The molecule has 0 radical (unpaired) electrons. The minimum Gasteiger partial charge on any atom is -0.306 e. The van der Waals surface area contributed by atoms with E-state index in [9.17, 15) is 8.42 Å². The molecular weight excluding hydrogens is 286 g/mol. The van der Waals surface area contributed by atoms with Gasteiger partial charge in [0.25, 0.3) is 0 Å². The molecule has 6 heteroatoms. The SMILES string of the molecule is CC(NC1CCS(=O)(=O)C1)c1cnn(-c2ccccc2)c1. The molecule has 5 nitrogen and oxygen atoms in total. The zero-order chi connectivity index (χ0) is 14.9. The fourth-order valence-electron chi connectivity index (χ4n) is 2.66. The molecule has 3 rings (SSSR count). The Morgan fingerprint density at radius 2 is 2.10 bits per heavy atom. The molecule has 1 aliphatic rings. The van der Waals surface area contributed by atoms with Gasteiger partial charge in [-0.25, -0.2) is 13.1 Å². The molecule has 2 atom stereocenters. The van der Waals surface area contributed by atoms with Gasteiger partial charge in [0.15, 0.2) is 9.84 Å². The fourth-order valence-corrected chi connectivity index (χ4v) is 4.34. The first-order valence-corrected chi connectivity index (χ1v) is 8.92. The summed E-state index contributed by atoms with van der Waals surface area (Å²) in [6.07, 6.45) is 4.50. The number of aromatic nitrogens is 2. The Morgan fingerprint density at radius 1 is 1.33 bits per heavy atom. The molecule has 2 heterocycles. The van der Waals surface area contributed by atoms with Crippen molar-refractivity contribution in [2.45, 2.75) is 25.4 Å². The smallest absolute Gasteiger partial charge is 0.151 e. The number of hydrogen-bond acceptors (Lipinski definition) is 4. The molecule has 0 saturated carbocycles. The summed E-state index contributed by atoms with van der Waals surface area (Å²) in [5.41, 5.74) is 2.07. The minimum absolute atomic E-state index is 0.0464. The van der Waals surface area contributed by atoms with Gasteiger partial charge < -0.3 is 5.32 Å². The molecule has 1 aliphatic heterocycles. The van der Waals surface area contributed by atoms with Gasteiger partial charge in [0.2, 0.25) is 0 Å². The van der Waals surface area contributed by atoms with Crippen molar-refractivity contribution in [2.24, 2.45) is 0 Å². The Kier molecular flexibility index (Phi) is 3.82. The highest BCUT2D eigenvalue weighted by Crippen LogP contribution is 2.18. The third-order valence-electron chi connectivity index (χ3n) is 3.84. The van der Waals surface area contributed by atoms with E-state index in [1.807, 2.05) is 54.3 Å². The molecule has 0 spiro atoms. The second-order valence-corrected chi connectivity index (χ2v) is 7.77. The summed E-state index contributed by atoms with van der Waals surface area (Å²) in [4.78, 5) is 0. The number of hydrogen-bond donors (Lipinski definition) is 1. The first-order chi connectivity index (χ1) is 10.0. The third-order valence-corrected chi connectivity index (χ3v) is 5.61. The predicted octanol–water partition coefficient (Wildman–Crippen LogP) is 1.71. The van der Waals surface area contributed by atoms with Gasteiger partial charge in [0.05, 0.1) is 23.4 Å². The van der Waals surface area contributed by atoms with Crippen LogP contribution in [-0.4, -0.2) is 35.7 Å². The van der Waals surface area contributed by atoms with E-state index < -0.39 is 9.84 Å². The second kappa shape index (κ2) is 5.61. The quantitative estimate of drug-likeness (QED) is 0.934. The van der Waals surface area contributed by atoms with Crippen molar-refractivity contribution in [1.29, 1.82) is 0 Å². The Labute approximate surface area is 124 Å². The maximum atomic E-state index is 11.5. The zero-order valence-corrected chi connectivity index (χ0v) is 12.8. The van der Waals surface area contributed by atoms with Crippen LogP contribution >= 0.6 is 0 Å². The van der Waals surface area contributed by atoms with E-state index in [1.165, 1.54) is 0 Å². The van der Waals surface area contributed by atoms with E-state index in [1.54, 1.807) is 0 Å². The van der Waals surface area contributed by atoms with E-state index in [4.69, 9.17) is 0 Å². The first kappa shape index (κ1) is 14.3. The Bertz CT molecular complexity index is 710. The van der Waals surface area contributed by atoms with Crippen molar-refractivity contribution in [1.82, 2.24) is 15.1 Å². The van der Waals surface area contributed by atoms with Crippen molar-refractivity contribution in [2.75, 3.05) is 11.5 Å². The van der Waals surface area contributed by atoms with Crippen molar-refractivity contribution >= 4 is 9.84 Å². The molecule has 21 heavy (non-hydrogen) atoms. The number of sulfone groups is 1. The summed E-state index contributed by atoms with van der Waals surface area (Å²) in [6, 6.07) is 10.0. The normalized spacial score (nSPS) is 22.2. The molecule has 1 N–H and O–H groups in total. The van der Waals surface area contributed by atoms with Crippen LogP contribution < -0.4 is 5.32 Å². The fraction of sp³-hybridized carbons (Fsp3) is 0.400. The number of nitrogens with one attached hydrogen (secondary N) is 1. The minimum atomic E-state index is -2.84. The van der Waals surface area contributed by atoms with Crippen LogP contribution in [0.3, 0.4) is 0 Å². The van der Waals surface area contributed by atoms with Crippen LogP contribution in [0.1, 0.15) is 24.9 Å². The van der Waals surface area contributed by atoms with Crippen LogP contribution in [0.25, 0.3) is 5.69 Å². The monoisotopic (exact) mass is 305 g/mol. The van der Waals surface area contributed by atoms with E-state index in [0.29, 0.717) is 12.2 Å². The van der Waals surface area contributed by atoms with Gasteiger partial charge in [-0.3, -0.25) is 0 Å². The molecule has 1 fully saturated rings. The van der Waals surface area contributed by atoms with Crippen LogP contribution in [-0.2, 0) is 9.84 Å². The van der Waals surface area contributed by atoms with E-state index in [0.717, 1.165) is 11.3 Å². The standard InChI is InChI=1S/C15H19N3O2S/c1-12(17-14-7-8-21(19,20)11-14)13-9-16-18(10-13)15-5-3-2-4-6-15/h2-6,9-10,12,14,17H,7-8,11H2,1H3. The Balaban J connectivity index is 1.69. The lowest BCUT2D eigenvalue weighted by Crippen LogP contribution is -2.32. The topological polar surface area (TPSA) is 64.0 Å². The summed E-state index contributed by atoms with van der Waals surface area (Å²) in [5.74, 6) is 0.533. The molecule has 0 amide bonds. The van der Waals surface area contributed by atoms with Gasteiger partial charge in [0.1, 0.15) is 0 Å². The lowest BCUT2D eigenvalue weighted by Gasteiger charge is -2.16. The average Bonchev–Trinajstić information content (AvgIpc) is 3.07. The molecular formula is C15H19N3O2S. The first-order valence-electron chi connectivity index (χ1n) is 7.10. The maximum absolute atomic E-state index is 11.5. The summed E-state index contributed by atoms with van der Waals surface area (Å²) in [6.45, 7) is 2.04. The van der Waals surface area contributed by atoms with Crippen molar-refractivity contribution in [3.8, 4) is 5.69 Å². The Hall–Kier alpha value is -1.66. The highest BCUT2D eigenvalue weighted by atomic mass is 32.2. The predicted molar refractivity (Wildman–Crippen MR) is 82.2 cm³/mol. The zero-order valence-electron chi connectivity index (χ0n) is 11.9. The molecule has 2 unspecified atom stereocenters. The van der Waals surface area contributed by atoms with Crippen molar-refractivity contribution < 1.29 is 8.42 Å².